The Balaban J connectivity index is 2.24. The Hall–Kier alpha value is -2.09. The quantitative estimate of drug-likeness (QED) is 0.466. The standard InChI is InChI=1S/C23H30O2/c1-3-4-16-20-17-14-12-10-8-6-5-7-9-11-13-15-18-21-19-23(20,2)22(24)25-21/h4-5,7-8,10-11,13-18,20-21H,3,6,9,12,19H2,1-2H3/b7-5-,10-8-,13-11-,16-4-,17-14-,18-15+. The molecule has 2 nitrogen and oxygen atoms in total. The van der Waals surface area contributed by atoms with Gasteiger partial charge in [-0.1, -0.05) is 73.8 Å². The molecule has 0 spiro atoms. The molecule has 25 heavy (non-hydrogen) atoms. The van der Waals surface area contributed by atoms with Gasteiger partial charge in [0.05, 0.1) is 5.41 Å². The molecule has 2 bridgehead atoms. The molecule has 0 radical (unpaired) electrons. The summed E-state index contributed by atoms with van der Waals surface area (Å²) >= 11 is 0. The fourth-order valence-corrected chi connectivity index (χ4v) is 3.16. The van der Waals surface area contributed by atoms with Crippen LogP contribution in [0.1, 0.15) is 46.0 Å². The lowest BCUT2D eigenvalue weighted by Crippen LogP contribution is -2.30. The van der Waals surface area contributed by atoms with Gasteiger partial charge in [0.2, 0.25) is 0 Å². The Morgan fingerprint density at radius 1 is 1.04 bits per heavy atom. The lowest BCUT2D eigenvalue weighted by atomic mass is 9.74. The van der Waals surface area contributed by atoms with E-state index in [2.05, 4.69) is 61.6 Å². The number of ether oxygens (including phenoxy) is 1. The molecule has 1 saturated heterocycles. The van der Waals surface area contributed by atoms with Crippen LogP contribution < -0.4 is 0 Å². The second-order valence-corrected chi connectivity index (χ2v) is 6.82. The van der Waals surface area contributed by atoms with E-state index in [1.54, 1.807) is 0 Å². The van der Waals surface area contributed by atoms with Gasteiger partial charge in [-0.05, 0) is 38.7 Å². The van der Waals surface area contributed by atoms with Crippen LogP contribution in [0.25, 0.3) is 0 Å². The van der Waals surface area contributed by atoms with Crippen LogP contribution in [-0.4, -0.2) is 12.1 Å². The zero-order valence-electron chi connectivity index (χ0n) is 15.4. The van der Waals surface area contributed by atoms with E-state index in [0.717, 1.165) is 32.1 Å². The average molecular weight is 338 g/mol. The normalized spacial score (nSPS) is 37.1. The molecule has 3 unspecified atom stereocenters. The van der Waals surface area contributed by atoms with Gasteiger partial charge in [-0.25, -0.2) is 0 Å². The Morgan fingerprint density at radius 3 is 2.44 bits per heavy atom. The molecular formula is C23H30O2. The van der Waals surface area contributed by atoms with E-state index in [1.807, 2.05) is 25.2 Å². The minimum atomic E-state index is -0.500. The maximum atomic E-state index is 12.6. The summed E-state index contributed by atoms with van der Waals surface area (Å²) in [4.78, 5) is 12.6. The smallest absolute Gasteiger partial charge is 0.313 e. The molecule has 2 rings (SSSR count). The Labute approximate surface area is 152 Å². The third kappa shape index (κ3) is 5.74. The number of rotatable bonds is 2. The van der Waals surface area contributed by atoms with Crippen LogP contribution in [0.15, 0.2) is 72.9 Å². The maximum absolute atomic E-state index is 12.6. The number of fused-ring (bicyclic) bond motifs is 2. The van der Waals surface area contributed by atoms with E-state index in [1.165, 1.54) is 0 Å². The number of allylic oxidation sites excluding steroid dienone is 11. The second kappa shape index (κ2) is 10.0. The van der Waals surface area contributed by atoms with Gasteiger partial charge in [0.25, 0.3) is 0 Å². The van der Waals surface area contributed by atoms with Crippen LogP contribution in [0.4, 0.5) is 0 Å². The Bertz CT molecular complexity index is 604. The summed E-state index contributed by atoms with van der Waals surface area (Å²) < 4.78 is 5.63. The second-order valence-electron chi connectivity index (χ2n) is 6.82. The maximum Gasteiger partial charge on any atom is 0.313 e. The van der Waals surface area contributed by atoms with Gasteiger partial charge in [-0.15, -0.1) is 0 Å². The molecule has 1 aliphatic heterocycles. The predicted octanol–water partition coefficient (Wildman–Crippen LogP) is 5.86. The Morgan fingerprint density at radius 2 is 1.72 bits per heavy atom. The van der Waals surface area contributed by atoms with Crippen molar-refractivity contribution in [3.63, 3.8) is 0 Å². The topological polar surface area (TPSA) is 26.3 Å². The molecule has 0 N–H and O–H groups in total. The summed E-state index contributed by atoms with van der Waals surface area (Å²) in [5.74, 6) is -0.0287. The summed E-state index contributed by atoms with van der Waals surface area (Å²) in [5, 5.41) is 0. The monoisotopic (exact) mass is 338 g/mol. The molecule has 0 saturated carbocycles. The van der Waals surface area contributed by atoms with Gasteiger partial charge in [-0.3, -0.25) is 4.79 Å². The van der Waals surface area contributed by atoms with E-state index in [9.17, 15) is 4.79 Å². The minimum absolute atomic E-state index is 0.0675. The van der Waals surface area contributed by atoms with Crippen molar-refractivity contribution in [1.82, 2.24) is 0 Å². The fraction of sp³-hybridized carbons (Fsp3) is 0.435. The zero-order valence-corrected chi connectivity index (χ0v) is 15.4. The molecule has 1 heterocycles. The average Bonchev–Trinajstić information content (AvgIpc) is 2.89. The summed E-state index contributed by atoms with van der Waals surface area (Å²) in [6, 6.07) is 0. The number of hydrogen-bond acceptors (Lipinski definition) is 2. The highest BCUT2D eigenvalue weighted by molar-refractivity contribution is 5.80. The van der Waals surface area contributed by atoms with Crippen LogP contribution in [-0.2, 0) is 9.53 Å². The first-order valence-corrected chi connectivity index (χ1v) is 9.34. The van der Waals surface area contributed by atoms with Gasteiger partial charge in [0, 0.05) is 12.3 Å². The first-order valence-electron chi connectivity index (χ1n) is 9.34. The van der Waals surface area contributed by atoms with E-state index in [4.69, 9.17) is 4.74 Å². The van der Waals surface area contributed by atoms with E-state index < -0.39 is 5.41 Å². The first-order chi connectivity index (χ1) is 12.2. The highest BCUT2D eigenvalue weighted by Crippen LogP contribution is 2.42. The largest absolute Gasteiger partial charge is 0.458 e. The molecule has 0 aromatic rings. The SMILES string of the molecule is CC/C=C\C1/C=C\C/C=C\C/C=C\C/C=C\C=C\C2CC1(C)C(=O)O2. The van der Waals surface area contributed by atoms with Crippen molar-refractivity contribution in [1.29, 1.82) is 0 Å². The number of esters is 1. The molecular weight excluding hydrogens is 308 g/mol. The molecule has 0 aromatic heterocycles. The minimum Gasteiger partial charge on any atom is -0.458 e. The summed E-state index contributed by atoms with van der Waals surface area (Å²) in [5.41, 5.74) is -0.500. The zero-order chi connectivity index (χ0) is 18.0. The molecule has 2 aliphatic rings. The molecule has 134 valence electrons. The van der Waals surface area contributed by atoms with Crippen molar-refractivity contribution in [2.45, 2.75) is 52.1 Å². The fourth-order valence-electron chi connectivity index (χ4n) is 3.16. The summed E-state index contributed by atoms with van der Waals surface area (Å²) in [7, 11) is 0. The van der Waals surface area contributed by atoms with Crippen LogP contribution in [0.2, 0.25) is 0 Å². The van der Waals surface area contributed by atoms with E-state index in [-0.39, 0.29) is 18.0 Å². The lowest BCUT2D eigenvalue weighted by Gasteiger charge is -2.25. The van der Waals surface area contributed by atoms with Crippen LogP contribution in [0.5, 0.6) is 0 Å². The molecule has 0 amide bonds. The number of hydrogen-bond donors (Lipinski definition) is 0. The first kappa shape index (κ1) is 19.2. The highest BCUT2D eigenvalue weighted by Gasteiger charge is 2.48. The van der Waals surface area contributed by atoms with Gasteiger partial charge in [0.1, 0.15) is 6.10 Å². The van der Waals surface area contributed by atoms with Crippen molar-refractivity contribution >= 4 is 5.97 Å². The number of carbonyl (C=O) groups is 1. The summed E-state index contributed by atoms with van der Waals surface area (Å²) in [6.07, 6.45) is 29.8. The van der Waals surface area contributed by atoms with Crippen molar-refractivity contribution < 1.29 is 9.53 Å². The van der Waals surface area contributed by atoms with Gasteiger partial charge in [-0.2, -0.15) is 0 Å². The van der Waals surface area contributed by atoms with Crippen molar-refractivity contribution in [3.05, 3.63) is 72.9 Å². The van der Waals surface area contributed by atoms with Crippen LogP contribution in [0.3, 0.4) is 0 Å². The molecule has 1 aliphatic carbocycles. The van der Waals surface area contributed by atoms with Crippen LogP contribution in [0, 0.1) is 11.3 Å². The van der Waals surface area contributed by atoms with Gasteiger partial charge in [0.15, 0.2) is 0 Å². The van der Waals surface area contributed by atoms with Crippen molar-refractivity contribution in [3.8, 4) is 0 Å². The van der Waals surface area contributed by atoms with Crippen molar-refractivity contribution in [2.24, 2.45) is 11.3 Å². The van der Waals surface area contributed by atoms with E-state index in [0.29, 0.717) is 0 Å². The van der Waals surface area contributed by atoms with E-state index >= 15 is 0 Å². The summed E-state index contributed by atoms with van der Waals surface area (Å²) in [6.45, 7) is 4.14. The number of carbonyl (C=O) groups excluding carboxylic acids is 1. The van der Waals surface area contributed by atoms with Gasteiger partial charge >= 0.3 is 5.97 Å². The molecule has 2 heteroatoms. The third-order valence-electron chi connectivity index (χ3n) is 4.73. The molecule has 0 aromatic carbocycles. The van der Waals surface area contributed by atoms with Gasteiger partial charge < -0.3 is 4.74 Å². The Kier molecular flexibility index (Phi) is 7.72. The lowest BCUT2D eigenvalue weighted by molar-refractivity contribution is -0.148. The predicted molar refractivity (Wildman–Crippen MR) is 105 cm³/mol. The molecule has 3 atom stereocenters. The van der Waals surface area contributed by atoms with Crippen molar-refractivity contribution in [2.75, 3.05) is 0 Å². The highest BCUT2D eigenvalue weighted by atomic mass is 16.6. The molecule has 1 fully saturated rings. The van der Waals surface area contributed by atoms with Crippen LogP contribution >= 0.6 is 0 Å². The third-order valence-corrected chi connectivity index (χ3v) is 4.73.